The molecule has 0 bridgehead atoms. The molecule has 0 saturated carbocycles. The van der Waals surface area contributed by atoms with Gasteiger partial charge in [-0.2, -0.15) is 13.2 Å². The summed E-state index contributed by atoms with van der Waals surface area (Å²) >= 11 is 0. The van der Waals surface area contributed by atoms with Gasteiger partial charge < -0.3 is 9.72 Å². The van der Waals surface area contributed by atoms with Crippen LogP contribution in [0.2, 0.25) is 0 Å². The number of pyridine rings is 1. The molecule has 1 heterocycles. The van der Waals surface area contributed by atoms with Crippen LogP contribution in [0.1, 0.15) is 50.3 Å². The number of alkyl halides is 3. The van der Waals surface area contributed by atoms with E-state index in [1.807, 2.05) is 0 Å². The Morgan fingerprint density at radius 1 is 1.08 bits per heavy atom. The summed E-state index contributed by atoms with van der Waals surface area (Å²) in [5.74, 6) is 0.0322. The number of methoxy groups -OCH3 is 1. The Balaban J connectivity index is 2.34. The molecule has 24 heavy (non-hydrogen) atoms. The minimum atomic E-state index is -4.52. The zero-order chi connectivity index (χ0) is 17.7. The van der Waals surface area contributed by atoms with Crippen molar-refractivity contribution in [3.05, 3.63) is 39.7 Å². The number of nitrogens with one attached hydrogen (secondary N) is 1. The molecule has 0 atom stereocenters. The maximum atomic E-state index is 12.9. The monoisotopic (exact) mass is 341 g/mol. The third kappa shape index (κ3) is 4.30. The summed E-state index contributed by atoms with van der Waals surface area (Å²) in [5, 5.41) is -0.00333. The quantitative estimate of drug-likeness (QED) is 0.715. The van der Waals surface area contributed by atoms with Crippen molar-refractivity contribution in [2.45, 2.75) is 51.6 Å². The standard InChI is InChI=1S/C18H22F3NO2/c1-3-4-5-6-7-8-13-11-15(23)14-9-12(18(19,20)21)10-16(24-2)17(14)22-13/h9-11H,3-8H2,1-2H3,(H,22,23). The van der Waals surface area contributed by atoms with Gasteiger partial charge in [-0.25, -0.2) is 0 Å². The van der Waals surface area contributed by atoms with Crippen molar-refractivity contribution >= 4 is 10.9 Å². The Hall–Kier alpha value is -1.98. The second kappa shape index (κ2) is 7.73. The summed E-state index contributed by atoms with van der Waals surface area (Å²) in [4.78, 5) is 15.3. The molecule has 0 aliphatic heterocycles. The number of aryl methyl sites for hydroxylation is 1. The molecule has 1 N–H and O–H groups in total. The Labute approximate surface area is 138 Å². The molecule has 2 aromatic rings. The van der Waals surface area contributed by atoms with E-state index in [1.54, 1.807) is 0 Å². The summed E-state index contributed by atoms with van der Waals surface area (Å²) in [5.41, 5.74) is -0.259. The largest absolute Gasteiger partial charge is 0.495 e. The normalized spacial score (nSPS) is 11.9. The number of aromatic amines is 1. The molecule has 2 rings (SSSR count). The van der Waals surface area contributed by atoms with Gasteiger partial charge in [0, 0.05) is 17.1 Å². The summed E-state index contributed by atoms with van der Waals surface area (Å²) in [6, 6.07) is 3.19. The molecule has 0 radical (unpaired) electrons. The van der Waals surface area contributed by atoms with Gasteiger partial charge >= 0.3 is 6.18 Å². The molecule has 0 aliphatic rings. The highest BCUT2D eigenvalue weighted by molar-refractivity contribution is 5.85. The summed E-state index contributed by atoms with van der Waals surface area (Å²) in [6.45, 7) is 2.14. The van der Waals surface area contributed by atoms with Crippen LogP contribution in [0.15, 0.2) is 23.0 Å². The number of unbranched alkanes of at least 4 members (excludes halogenated alkanes) is 4. The van der Waals surface area contributed by atoms with Crippen LogP contribution >= 0.6 is 0 Å². The molecule has 1 aromatic heterocycles. The van der Waals surface area contributed by atoms with Crippen molar-refractivity contribution in [1.29, 1.82) is 0 Å². The molecule has 0 amide bonds. The lowest BCUT2D eigenvalue weighted by Crippen LogP contribution is -2.11. The van der Waals surface area contributed by atoms with Gasteiger partial charge in [-0.3, -0.25) is 4.79 Å². The predicted octanol–water partition coefficient (Wildman–Crippen LogP) is 5.07. The van der Waals surface area contributed by atoms with Gasteiger partial charge in [0.05, 0.1) is 18.2 Å². The van der Waals surface area contributed by atoms with Gasteiger partial charge in [0.15, 0.2) is 5.43 Å². The van der Waals surface area contributed by atoms with Crippen LogP contribution < -0.4 is 10.2 Å². The zero-order valence-electron chi connectivity index (χ0n) is 13.9. The van der Waals surface area contributed by atoms with Crippen molar-refractivity contribution in [2.24, 2.45) is 0 Å². The van der Waals surface area contributed by atoms with E-state index in [0.717, 1.165) is 43.5 Å². The number of hydrogen-bond donors (Lipinski definition) is 1. The lowest BCUT2D eigenvalue weighted by molar-refractivity contribution is -0.137. The van der Waals surface area contributed by atoms with E-state index in [1.165, 1.54) is 19.6 Å². The molecular weight excluding hydrogens is 319 g/mol. The molecule has 6 heteroatoms. The van der Waals surface area contributed by atoms with Gasteiger partial charge in [0.25, 0.3) is 0 Å². The van der Waals surface area contributed by atoms with Crippen LogP contribution in [0.3, 0.4) is 0 Å². The molecular formula is C18H22F3NO2. The van der Waals surface area contributed by atoms with E-state index >= 15 is 0 Å². The number of benzene rings is 1. The third-order valence-corrected chi connectivity index (χ3v) is 4.06. The van der Waals surface area contributed by atoms with Crippen molar-refractivity contribution in [2.75, 3.05) is 7.11 Å². The number of ether oxygens (including phenoxy) is 1. The minimum absolute atomic E-state index is 0.00333. The van der Waals surface area contributed by atoms with E-state index in [4.69, 9.17) is 4.74 Å². The first-order valence-electron chi connectivity index (χ1n) is 8.18. The van der Waals surface area contributed by atoms with Crippen LogP contribution in [0.25, 0.3) is 10.9 Å². The number of halogens is 3. The maximum absolute atomic E-state index is 12.9. The van der Waals surface area contributed by atoms with Gasteiger partial charge in [0.2, 0.25) is 0 Å². The highest BCUT2D eigenvalue weighted by Crippen LogP contribution is 2.34. The number of rotatable bonds is 7. The van der Waals surface area contributed by atoms with Gasteiger partial charge in [-0.15, -0.1) is 0 Å². The molecule has 1 aromatic carbocycles. The van der Waals surface area contributed by atoms with E-state index < -0.39 is 17.2 Å². The molecule has 0 spiro atoms. The third-order valence-electron chi connectivity index (χ3n) is 4.06. The van der Waals surface area contributed by atoms with E-state index in [9.17, 15) is 18.0 Å². The highest BCUT2D eigenvalue weighted by atomic mass is 19.4. The van der Waals surface area contributed by atoms with E-state index in [-0.39, 0.29) is 11.1 Å². The molecule has 0 aliphatic carbocycles. The number of fused-ring (bicyclic) bond motifs is 1. The first-order valence-corrected chi connectivity index (χ1v) is 8.18. The second-order valence-electron chi connectivity index (χ2n) is 5.92. The molecule has 0 fully saturated rings. The van der Waals surface area contributed by atoms with Crippen molar-refractivity contribution in [1.82, 2.24) is 4.98 Å². The Morgan fingerprint density at radius 3 is 2.42 bits per heavy atom. The fourth-order valence-electron chi connectivity index (χ4n) is 2.75. The smallest absolute Gasteiger partial charge is 0.416 e. The SMILES string of the molecule is CCCCCCCc1cc(=O)c2cc(C(F)(F)F)cc(OC)c2[nH]1. The Bertz CT molecular complexity index is 750. The topological polar surface area (TPSA) is 42.1 Å². The van der Waals surface area contributed by atoms with Crippen molar-refractivity contribution in [3.8, 4) is 5.75 Å². The Kier molecular flexibility index (Phi) is 5.91. The molecule has 3 nitrogen and oxygen atoms in total. The van der Waals surface area contributed by atoms with Crippen LogP contribution in [-0.2, 0) is 12.6 Å². The van der Waals surface area contributed by atoms with Crippen LogP contribution in [0.5, 0.6) is 5.75 Å². The van der Waals surface area contributed by atoms with Crippen LogP contribution in [0, 0.1) is 0 Å². The lowest BCUT2D eigenvalue weighted by atomic mass is 10.1. The molecule has 0 unspecified atom stereocenters. The van der Waals surface area contributed by atoms with Gasteiger partial charge in [-0.05, 0) is 25.0 Å². The second-order valence-corrected chi connectivity index (χ2v) is 5.92. The first-order chi connectivity index (χ1) is 11.4. The zero-order valence-corrected chi connectivity index (χ0v) is 13.9. The first kappa shape index (κ1) is 18.4. The molecule has 0 saturated heterocycles. The summed E-state index contributed by atoms with van der Waals surface area (Å²) < 4.78 is 43.9. The number of hydrogen-bond acceptors (Lipinski definition) is 2. The number of aromatic nitrogens is 1. The van der Waals surface area contributed by atoms with E-state index in [2.05, 4.69) is 11.9 Å². The lowest BCUT2D eigenvalue weighted by Gasteiger charge is -2.12. The maximum Gasteiger partial charge on any atom is 0.416 e. The molecule has 132 valence electrons. The Morgan fingerprint density at radius 2 is 1.79 bits per heavy atom. The van der Waals surface area contributed by atoms with Crippen molar-refractivity contribution < 1.29 is 17.9 Å². The van der Waals surface area contributed by atoms with Crippen LogP contribution in [0.4, 0.5) is 13.2 Å². The highest BCUT2D eigenvalue weighted by Gasteiger charge is 2.32. The van der Waals surface area contributed by atoms with Crippen LogP contribution in [-0.4, -0.2) is 12.1 Å². The fourth-order valence-corrected chi connectivity index (χ4v) is 2.75. The number of H-pyrrole nitrogens is 1. The summed E-state index contributed by atoms with van der Waals surface area (Å²) in [6.07, 6.45) is 1.66. The minimum Gasteiger partial charge on any atom is -0.495 e. The van der Waals surface area contributed by atoms with Gasteiger partial charge in [-0.1, -0.05) is 32.6 Å². The van der Waals surface area contributed by atoms with E-state index in [0.29, 0.717) is 11.9 Å². The van der Waals surface area contributed by atoms with Gasteiger partial charge in [0.1, 0.15) is 5.75 Å². The predicted molar refractivity (Wildman–Crippen MR) is 88.6 cm³/mol. The fraction of sp³-hybridized carbons (Fsp3) is 0.500. The summed E-state index contributed by atoms with van der Waals surface area (Å²) in [7, 11) is 1.30. The average Bonchev–Trinajstić information content (AvgIpc) is 2.53. The van der Waals surface area contributed by atoms with Crippen molar-refractivity contribution in [3.63, 3.8) is 0 Å². The average molecular weight is 341 g/mol.